The highest BCUT2D eigenvalue weighted by Gasteiger charge is 2.20. The van der Waals surface area contributed by atoms with Gasteiger partial charge in [-0.2, -0.15) is 0 Å². The fourth-order valence-electron chi connectivity index (χ4n) is 2.26. The second-order valence-corrected chi connectivity index (χ2v) is 5.55. The molecule has 0 aliphatic rings. The van der Waals surface area contributed by atoms with E-state index in [1.807, 2.05) is 30.3 Å². The maximum atomic E-state index is 12.2. The number of nitro benzene ring substituents is 1. The predicted molar refractivity (Wildman–Crippen MR) is 90.6 cm³/mol. The molecule has 0 saturated heterocycles. The molecule has 1 amide bonds. The molecular formula is C17H19N3O4. The van der Waals surface area contributed by atoms with Gasteiger partial charge in [0.15, 0.2) is 0 Å². The summed E-state index contributed by atoms with van der Waals surface area (Å²) in [6, 6.07) is 12.7. The Morgan fingerprint density at radius 1 is 1.29 bits per heavy atom. The summed E-state index contributed by atoms with van der Waals surface area (Å²) in [5, 5.41) is 23.7. The first-order chi connectivity index (χ1) is 11.4. The van der Waals surface area contributed by atoms with Crippen molar-refractivity contribution in [3.05, 3.63) is 69.8 Å². The number of nitrogens with one attached hydrogen (secondary N) is 1. The molecule has 7 heteroatoms. The Balaban J connectivity index is 2.03. The van der Waals surface area contributed by atoms with Crippen molar-refractivity contribution in [2.45, 2.75) is 25.5 Å². The number of aliphatic hydroxyl groups excluding tert-OH is 1. The summed E-state index contributed by atoms with van der Waals surface area (Å²) in [5.41, 5.74) is 6.26. The lowest BCUT2D eigenvalue weighted by molar-refractivity contribution is -0.383. The van der Waals surface area contributed by atoms with E-state index in [4.69, 9.17) is 5.73 Å². The van der Waals surface area contributed by atoms with Crippen molar-refractivity contribution < 1.29 is 14.8 Å². The van der Waals surface area contributed by atoms with Gasteiger partial charge in [0.05, 0.1) is 17.1 Å². The molecule has 2 atom stereocenters. The molecule has 24 heavy (non-hydrogen) atoms. The van der Waals surface area contributed by atoms with Gasteiger partial charge in [0.1, 0.15) is 5.69 Å². The Bertz CT molecular complexity index is 734. The summed E-state index contributed by atoms with van der Waals surface area (Å²) in [6.45, 7) is 1.68. The Morgan fingerprint density at radius 2 is 1.96 bits per heavy atom. The summed E-state index contributed by atoms with van der Waals surface area (Å²) in [5.74, 6) is -0.502. The van der Waals surface area contributed by atoms with Crippen molar-refractivity contribution in [2.24, 2.45) is 0 Å². The van der Waals surface area contributed by atoms with Crippen molar-refractivity contribution in [1.29, 1.82) is 0 Å². The van der Waals surface area contributed by atoms with Crippen LogP contribution in [-0.2, 0) is 6.42 Å². The summed E-state index contributed by atoms with van der Waals surface area (Å²) < 4.78 is 0. The second-order valence-electron chi connectivity index (χ2n) is 5.55. The number of anilines is 1. The molecule has 0 aliphatic heterocycles. The topological polar surface area (TPSA) is 118 Å². The molecule has 0 radical (unpaired) electrons. The van der Waals surface area contributed by atoms with Crippen LogP contribution < -0.4 is 11.1 Å². The Labute approximate surface area is 139 Å². The van der Waals surface area contributed by atoms with Gasteiger partial charge in [-0.25, -0.2) is 0 Å². The lowest BCUT2D eigenvalue weighted by Crippen LogP contribution is -2.42. The average Bonchev–Trinajstić information content (AvgIpc) is 2.55. The molecule has 2 aromatic rings. The van der Waals surface area contributed by atoms with Crippen molar-refractivity contribution in [2.75, 3.05) is 5.73 Å². The molecular weight excluding hydrogens is 310 g/mol. The maximum absolute atomic E-state index is 12.2. The molecule has 0 heterocycles. The van der Waals surface area contributed by atoms with E-state index < -0.39 is 23.0 Å². The normalized spacial score (nSPS) is 13.1. The first-order valence-electron chi connectivity index (χ1n) is 7.45. The summed E-state index contributed by atoms with van der Waals surface area (Å²) in [4.78, 5) is 22.5. The van der Waals surface area contributed by atoms with E-state index in [2.05, 4.69) is 5.32 Å². The van der Waals surface area contributed by atoms with Crippen LogP contribution in [0.1, 0.15) is 22.8 Å². The number of nitro groups is 1. The third-order valence-corrected chi connectivity index (χ3v) is 3.71. The average molecular weight is 329 g/mol. The molecule has 0 fully saturated rings. The van der Waals surface area contributed by atoms with Gasteiger partial charge in [-0.3, -0.25) is 14.9 Å². The van der Waals surface area contributed by atoms with E-state index in [-0.39, 0.29) is 16.9 Å². The number of hydrogen-bond donors (Lipinski definition) is 3. The van der Waals surface area contributed by atoms with Gasteiger partial charge < -0.3 is 16.2 Å². The largest absolute Gasteiger partial charge is 0.393 e. The molecule has 0 spiro atoms. The first-order valence-corrected chi connectivity index (χ1v) is 7.45. The summed E-state index contributed by atoms with van der Waals surface area (Å²) in [7, 11) is 0. The van der Waals surface area contributed by atoms with E-state index in [1.54, 1.807) is 6.92 Å². The van der Waals surface area contributed by atoms with Crippen LogP contribution in [0.4, 0.5) is 11.4 Å². The Hall–Kier alpha value is -2.93. The van der Waals surface area contributed by atoms with E-state index >= 15 is 0 Å². The van der Waals surface area contributed by atoms with Gasteiger partial charge in [-0.1, -0.05) is 30.3 Å². The SMILES string of the molecule is CC(NC(=O)c1ccc(N)c([N+](=O)[O-])c1)C(O)Cc1ccccc1. The number of aliphatic hydroxyl groups is 1. The van der Waals surface area contributed by atoms with Crippen molar-refractivity contribution >= 4 is 17.3 Å². The van der Waals surface area contributed by atoms with E-state index in [0.717, 1.165) is 11.6 Å². The highest BCUT2D eigenvalue weighted by Crippen LogP contribution is 2.22. The molecule has 0 aromatic heterocycles. The number of amides is 1. The molecule has 0 aliphatic carbocycles. The fourth-order valence-corrected chi connectivity index (χ4v) is 2.26. The molecule has 0 saturated carbocycles. The van der Waals surface area contributed by atoms with Crippen molar-refractivity contribution in [3.8, 4) is 0 Å². The van der Waals surface area contributed by atoms with Gasteiger partial charge in [0.2, 0.25) is 0 Å². The van der Waals surface area contributed by atoms with E-state index in [1.165, 1.54) is 12.1 Å². The second kappa shape index (κ2) is 7.56. The predicted octanol–water partition coefficient (Wildman–Crippen LogP) is 1.90. The fraction of sp³-hybridized carbons (Fsp3) is 0.235. The van der Waals surface area contributed by atoms with Crippen LogP contribution in [0, 0.1) is 10.1 Å². The lowest BCUT2D eigenvalue weighted by Gasteiger charge is -2.20. The first kappa shape index (κ1) is 17.4. The minimum atomic E-state index is -0.778. The Morgan fingerprint density at radius 3 is 2.58 bits per heavy atom. The molecule has 126 valence electrons. The summed E-state index contributed by atoms with van der Waals surface area (Å²) >= 11 is 0. The number of hydrogen-bond acceptors (Lipinski definition) is 5. The number of nitrogens with two attached hydrogens (primary N) is 1. The van der Waals surface area contributed by atoms with Crippen molar-refractivity contribution in [3.63, 3.8) is 0 Å². The van der Waals surface area contributed by atoms with E-state index in [0.29, 0.717) is 6.42 Å². The van der Waals surface area contributed by atoms with Gasteiger partial charge in [0, 0.05) is 18.1 Å². The van der Waals surface area contributed by atoms with Gasteiger partial charge in [0.25, 0.3) is 11.6 Å². The van der Waals surface area contributed by atoms with Gasteiger partial charge in [-0.15, -0.1) is 0 Å². The Kier molecular flexibility index (Phi) is 5.49. The van der Waals surface area contributed by atoms with Crippen LogP contribution in [-0.4, -0.2) is 28.1 Å². The number of rotatable bonds is 6. The third-order valence-electron chi connectivity index (χ3n) is 3.71. The van der Waals surface area contributed by atoms with Crippen LogP contribution in [0.15, 0.2) is 48.5 Å². The van der Waals surface area contributed by atoms with Crippen LogP contribution in [0.25, 0.3) is 0 Å². The zero-order chi connectivity index (χ0) is 17.7. The number of nitrogen functional groups attached to an aromatic ring is 1. The molecule has 2 rings (SSSR count). The molecule has 7 nitrogen and oxygen atoms in total. The summed E-state index contributed by atoms with van der Waals surface area (Å²) in [6.07, 6.45) is -0.385. The van der Waals surface area contributed by atoms with Crippen LogP contribution >= 0.6 is 0 Å². The molecule has 2 unspecified atom stereocenters. The minimum Gasteiger partial charge on any atom is -0.393 e. The highest BCUT2D eigenvalue weighted by molar-refractivity contribution is 5.95. The lowest BCUT2D eigenvalue weighted by atomic mass is 10.0. The standard InChI is InChI=1S/C17H19N3O4/c1-11(16(21)9-12-5-3-2-4-6-12)19-17(22)13-7-8-14(18)15(10-13)20(23)24/h2-8,10-11,16,21H,9,18H2,1H3,(H,19,22). The van der Waals surface area contributed by atoms with Crippen LogP contribution in [0.2, 0.25) is 0 Å². The number of carbonyl (C=O) groups excluding carboxylic acids is 1. The third kappa shape index (κ3) is 4.30. The number of benzene rings is 2. The number of carbonyl (C=O) groups is 1. The smallest absolute Gasteiger partial charge is 0.292 e. The maximum Gasteiger partial charge on any atom is 0.292 e. The quantitative estimate of drug-likeness (QED) is 0.425. The molecule has 0 bridgehead atoms. The van der Waals surface area contributed by atoms with Crippen LogP contribution in [0.5, 0.6) is 0 Å². The minimum absolute atomic E-state index is 0.00582. The molecule has 4 N–H and O–H groups in total. The zero-order valence-electron chi connectivity index (χ0n) is 13.2. The zero-order valence-corrected chi connectivity index (χ0v) is 13.2. The molecule has 2 aromatic carbocycles. The van der Waals surface area contributed by atoms with E-state index in [9.17, 15) is 20.0 Å². The number of nitrogens with zero attached hydrogens (tertiary/aromatic N) is 1. The van der Waals surface area contributed by atoms with Crippen LogP contribution in [0.3, 0.4) is 0 Å². The van der Waals surface area contributed by atoms with Gasteiger partial charge in [-0.05, 0) is 24.6 Å². The monoisotopic (exact) mass is 329 g/mol. The van der Waals surface area contributed by atoms with Gasteiger partial charge >= 0.3 is 0 Å². The highest BCUT2D eigenvalue weighted by atomic mass is 16.6. The van der Waals surface area contributed by atoms with Crippen molar-refractivity contribution in [1.82, 2.24) is 5.32 Å².